The molecular weight excluding hydrogens is 384 g/mol. The van der Waals surface area contributed by atoms with E-state index in [1.165, 1.54) is 0 Å². The average Bonchev–Trinajstić information content (AvgIpc) is 2.63. The third-order valence-electron chi connectivity index (χ3n) is 4.35. The van der Waals surface area contributed by atoms with Gasteiger partial charge in [-0.3, -0.25) is 9.59 Å². The normalized spacial score (nSPS) is 17.6. The highest BCUT2D eigenvalue weighted by molar-refractivity contribution is 9.10. The third kappa shape index (κ3) is 3.54. The lowest BCUT2D eigenvalue weighted by atomic mass is 10.1. The molecule has 0 aromatic heterocycles. The molecule has 1 heterocycles. The van der Waals surface area contributed by atoms with Crippen LogP contribution in [0.1, 0.15) is 17.3 Å². The maximum atomic E-state index is 12.8. The van der Waals surface area contributed by atoms with Gasteiger partial charge in [-0.15, -0.1) is 0 Å². The van der Waals surface area contributed by atoms with Gasteiger partial charge in [0.25, 0.3) is 5.91 Å². The summed E-state index contributed by atoms with van der Waals surface area (Å²) in [7, 11) is 1.60. The minimum atomic E-state index is -0.522. The summed E-state index contributed by atoms with van der Waals surface area (Å²) in [5.74, 6) is 0.473. The van der Waals surface area contributed by atoms with Crippen LogP contribution in [0.4, 0.5) is 5.69 Å². The number of piperazine rings is 1. The minimum absolute atomic E-state index is 0.0946. The van der Waals surface area contributed by atoms with Crippen molar-refractivity contribution in [2.75, 3.05) is 25.1 Å². The van der Waals surface area contributed by atoms with Crippen molar-refractivity contribution in [3.8, 4) is 5.75 Å². The van der Waals surface area contributed by atoms with Gasteiger partial charge in [-0.1, -0.05) is 28.1 Å². The molecule has 3 rings (SSSR count). The number of rotatable bonds is 3. The molecule has 1 aliphatic rings. The van der Waals surface area contributed by atoms with E-state index in [2.05, 4.69) is 15.9 Å². The molecule has 0 unspecified atom stereocenters. The van der Waals surface area contributed by atoms with E-state index in [4.69, 9.17) is 4.74 Å². The van der Waals surface area contributed by atoms with E-state index in [-0.39, 0.29) is 11.8 Å². The van der Waals surface area contributed by atoms with Gasteiger partial charge >= 0.3 is 0 Å². The van der Waals surface area contributed by atoms with E-state index in [0.717, 1.165) is 10.2 Å². The van der Waals surface area contributed by atoms with Crippen LogP contribution in [0.15, 0.2) is 53.0 Å². The van der Waals surface area contributed by atoms with Gasteiger partial charge in [0.15, 0.2) is 0 Å². The fourth-order valence-corrected chi connectivity index (χ4v) is 3.37. The summed E-state index contributed by atoms with van der Waals surface area (Å²) < 4.78 is 6.07. The highest BCUT2D eigenvalue weighted by Crippen LogP contribution is 2.25. The van der Waals surface area contributed by atoms with E-state index in [0.29, 0.717) is 24.4 Å². The molecule has 0 aliphatic carbocycles. The standard InChI is InChI=1S/C19H19BrN2O3/c1-13-18(23)22(16-7-4-8-17(12-16)25-2)10-9-21(13)19(24)14-5-3-6-15(20)11-14/h3-8,11-13H,9-10H2,1-2H3/t13-/m1/s1. The SMILES string of the molecule is COc1cccc(N2CCN(C(=O)c3cccc(Br)c3)[C@H](C)C2=O)c1. The van der Waals surface area contributed by atoms with Crippen LogP contribution >= 0.6 is 15.9 Å². The molecule has 2 amide bonds. The first-order valence-electron chi connectivity index (χ1n) is 8.03. The predicted molar refractivity (Wildman–Crippen MR) is 100.0 cm³/mol. The van der Waals surface area contributed by atoms with Gasteiger partial charge in [-0.25, -0.2) is 0 Å². The third-order valence-corrected chi connectivity index (χ3v) is 4.85. The Labute approximate surface area is 155 Å². The fourth-order valence-electron chi connectivity index (χ4n) is 2.97. The summed E-state index contributed by atoms with van der Waals surface area (Å²) in [6, 6.07) is 14.1. The Morgan fingerprint density at radius 3 is 2.64 bits per heavy atom. The highest BCUT2D eigenvalue weighted by Gasteiger charge is 2.35. The number of hydrogen-bond acceptors (Lipinski definition) is 3. The molecule has 25 heavy (non-hydrogen) atoms. The molecule has 2 aromatic rings. The lowest BCUT2D eigenvalue weighted by Gasteiger charge is -2.39. The van der Waals surface area contributed by atoms with Crippen molar-refractivity contribution in [1.82, 2.24) is 4.90 Å². The number of carbonyl (C=O) groups excluding carboxylic acids is 2. The Balaban J connectivity index is 1.80. The summed E-state index contributed by atoms with van der Waals surface area (Å²) in [6.45, 7) is 2.70. The van der Waals surface area contributed by atoms with Gasteiger partial charge in [0.2, 0.25) is 5.91 Å². The number of amides is 2. The molecule has 0 spiro atoms. The monoisotopic (exact) mass is 402 g/mol. The number of carbonyl (C=O) groups is 2. The Bertz CT molecular complexity index is 809. The summed E-state index contributed by atoms with van der Waals surface area (Å²) in [6.07, 6.45) is 0. The van der Waals surface area contributed by atoms with E-state index in [1.54, 1.807) is 36.0 Å². The van der Waals surface area contributed by atoms with E-state index < -0.39 is 6.04 Å². The first-order valence-corrected chi connectivity index (χ1v) is 8.82. The molecular formula is C19H19BrN2O3. The topological polar surface area (TPSA) is 49.9 Å². The first-order chi connectivity index (χ1) is 12.0. The second kappa shape index (κ2) is 7.27. The van der Waals surface area contributed by atoms with Gasteiger partial charge in [-0.2, -0.15) is 0 Å². The predicted octanol–water partition coefficient (Wildman–Crippen LogP) is 3.34. The summed E-state index contributed by atoms with van der Waals surface area (Å²) in [5.41, 5.74) is 1.36. The molecule has 1 aliphatic heterocycles. The second-order valence-corrected chi connectivity index (χ2v) is 6.79. The van der Waals surface area contributed by atoms with Gasteiger partial charge in [-0.05, 0) is 37.3 Å². The highest BCUT2D eigenvalue weighted by atomic mass is 79.9. The Morgan fingerprint density at radius 1 is 1.16 bits per heavy atom. The second-order valence-electron chi connectivity index (χ2n) is 5.88. The van der Waals surface area contributed by atoms with Gasteiger partial charge in [0.1, 0.15) is 11.8 Å². The molecule has 130 valence electrons. The largest absolute Gasteiger partial charge is 0.497 e. The van der Waals surface area contributed by atoms with Crippen LogP contribution in [-0.2, 0) is 4.79 Å². The number of benzene rings is 2. The molecule has 5 nitrogen and oxygen atoms in total. The van der Waals surface area contributed by atoms with Crippen molar-refractivity contribution in [3.05, 3.63) is 58.6 Å². The van der Waals surface area contributed by atoms with Crippen molar-refractivity contribution < 1.29 is 14.3 Å². The summed E-state index contributed by atoms with van der Waals surface area (Å²) in [5, 5.41) is 0. The fraction of sp³-hybridized carbons (Fsp3) is 0.263. The zero-order valence-corrected chi connectivity index (χ0v) is 15.7. The zero-order valence-electron chi connectivity index (χ0n) is 14.1. The molecule has 0 bridgehead atoms. The quantitative estimate of drug-likeness (QED) is 0.790. The maximum absolute atomic E-state index is 12.8. The molecule has 0 radical (unpaired) electrons. The lowest BCUT2D eigenvalue weighted by molar-refractivity contribution is -0.124. The number of halogens is 1. The van der Waals surface area contributed by atoms with Gasteiger partial charge < -0.3 is 14.5 Å². The smallest absolute Gasteiger partial charge is 0.254 e. The lowest BCUT2D eigenvalue weighted by Crippen LogP contribution is -2.57. The van der Waals surface area contributed by atoms with Crippen molar-refractivity contribution >= 4 is 33.4 Å². The average molecular weight is 403 g/mol. The van der Waals surface area contributed by atoms with Crippen molar-refractivity contribution in [1.29, 1.82) is 0 Å². The molecule has 6 heteroatoms. The molecule has 1 atom stereocenters. The van der Waals surface area contributed by atoms with Crippen LogP contribution in [0, 0.1) is 0 Å². The Kier molecular flexibility index (Phi) is 5.08. The number of nitrogens with zero attached hydrogens (tertiary/aromatic N) is 2. The molecule has 1 saturated heterocycles. The molecule has 1 fully saturated rings. The van der Waals surface area contributed by atoms with Crippen LogP contribution in [0.5, 0.6) is 5.75 Å². The number of anilines is 1. The van der Waals surface area contributed by atoms with Gasteiger partial charge in [0.05, 0.1) is 7.11 Å². The van der Waals surface area contributed by atoms with Gasteiger partial charge in [0, 0.05) is 34.9 Å². The van der Waals surface area contributed by atoms with E-state index in [9.17, 15) is 9.59 Å². The van der Waals surface area contributed by atoms with Crippen LogP contribution in [0.2, 0.25) is 0 Å². The Morgan fingerprint density at radius 2 is 1.92 bits per heavy atom. The van der Waals surface area contributed by atoms with Crippen LogP contribution in [0.25, 0.3) is 0 Å². The summed E-state index contributed by atoms with van der Waals surface area (Å²) in [4.78, 5) is 28.9. The molecule has 0 saturated carbocycles. The maximum Gasteiger partial charge on any atom is 0.254 e. The number of ether oxygens (including phenoxy) is 1. The molecule has 0 N–H and O–H groups in total. The number of methoxy groups -OCH3 is 1. The van der Waals surface area contributed by atoms with Crippen molar-refractivity contribution in [2.45, 2.75) is 13.0 Å². The minimum Gasteiger partial charge on any atom is -0.497 e. The van der Waals surface area contributed by atoms with Crippen LogP contribution in [0.3, 0.4) is 0 Å². The Hall–Kier alpha value is -2.34. The number of hydrogen-bond donors (Lipinski definition) is 0. The van der Waals surface area contributed by atoms with Crippen LogP contribution < -0.4 is 9.64 Å². The van der Waals surface area contributed by atoms with E-state index in [1.807, 2.05) is 36.4 Å². The first kappa shape index (κ1) is 17.5. The van der Waals surface area contributed by atoms with Crippen molar-refractivity contribution in [2.24, 2.45) is 0 Å². The van der Waals surface area contributed by atoms with Crippen molar-refractivity contribution in [3.63, 3.8) is 0 Å². The zero-order chi connectivity index (χ0) is 18.0. The molecule has 2 aromatic carbocycles. The van der Waals surface area contributed by atoms with Crippen LogP contribution in [-0.4, -0.2) is 43.0 Å². The summed E-state index contributed by atoms with van der Waals surface area (Å²) >= 11 is 3.38. The van der Waals surface area contributed by atoms with E-state index >= 15 is 0 Å².